The number of likely N-dealkylation sites (N-methyl/N-ethyl adjacent to an activating group) is 1. The molecule has 1 heterocycles. The summed E-state index contributed by atoms with van der Waals surface area (Å²) >= 11 is 0. The van der Waals surface area contributed by atoms with Gasteiger partial charge in [-0.05, 0) is 43.0 Å². The van der Waals surface area contributed by atoms with E-state index in [0.29, 0.717) is 19.4 Å². The molecule has 0 bridgehead atoms. The van der Waals surface area contributed by atoms with Gasteiger partial charge in [-0.15, -0.1) is 0 Å². The molecule has 0 aliphatic carbocycles. The zero-order valence-electron chi connectivity index (χ0n) is 26.0. The van der Waals surface area contributed by atoms with Crippen molar-refractivity contribution in [2.75, 3.05) is 27.2 Å². The van der Waals surface area contributed by atoms with Gasteiger partial charge >= 0.3 is 0 Å². The molecule has 2 N–H and O–H groups in total. The smallest absolute Gasteiger partial charge is 0.254 e. The Hall–Kier alpha value is -3.19. The molecule has 0 spiro atoms. The number of unbranched alkanes of at least 4 members (excludes halogenated alkanes) is 6. The number of hydrogen-bond donors (Lipinski definition) is 2. The lowest BCUT2D eigenvalue weighted by Gasteiger charge is -2.51. The lowest BCUT2D eigenvalue weighted by Crippen LogP contribution is -2.69. The fourth-order valence-electron chi connectivity index (χ4n) is 5.45. The highest BCUT2D eigenvalue weighted by atomic mass is 16.2. The van der Waals surface area contributed by atoms with E-state index in [4.69, 9.17) is 4.79 Å². The van der Waals surface area contributed by atoms with Crippen molar-refractivity contribution in [1.29, 1.82) is 0 Å². The number of hydrogen-bond acceptors (Lipinski definition) is 4. The fourth-order valence-corrected chi connectivity index (χ4v) is 5.45. The predicted molar refractivity (Wildman–Crippen MR) is 167 cm³/mol. The molecular formula is C34H52N4O3. The zero-order valence-corrected chi connectivity index (χ0v) is 26.0. The van der Waals surface area contributed by atoms with Crippen LogP contribution in [0.2, 0.25) is 0 Å². The third-order valence-corrected chi connectivity index (χ3v) is 7.98. The number of carbonyl (C=O) groups is 3. The van der Waals surface area contributed by atoms with E-state index in [1.54, 1.807) is 11.9 Å². The second-order valence-corrected chi connectivity index (χ2v) is 11.0. The van der Waals surface area contributed by atoms with Crippen molar-refractivity contribution < 1.29 is 14.4 Å². The van der Waals surface area contributed by atoms with Gasteiger partial charge in [0, 0.05) is 33.6 Å². The Kier molecular flexibility index (Phi) is 15.2. The van der Waals surface area contributed by atoms with E-state index in [9.17, 15) is 9.59 Å². The molecule has 2 aromatic rings. The Morgan fingerprint density at radius 1 is 0.854 bits per heavy atom. The van der Waals surface area contributed by atoms with Gasteiger partial charge in [0.1, 0.15) is 6.04 Å². The normalized spacial score (nSPS) is 18.6. The predicted octanol–water partition coefficient (Wildman–Crippen LogP) is 5.43. The van der Waals surface area contributed by atoms with E-state index in [1.807, 2.05) is 37.1 Å². The first-order chi connectivity index (χ1) is 19.9. The molecule has 7 heteroatoms. The summed E-state index contributed by atoms with van der Waals surface area (Å²) in [5.41, 5.74) is 2.06. The van der Waals surface area contributed by atoms with Crippen molar-refractivity contribution in [1.82, 2.24) is 20.4 Å². The van der Waals surface area contributed by atoms with Crippen molar-refractivity contribution in [2.45, 2.75) is 96.7 Å². The van der Waals surface area contributed by atoms with Gasteiger partial charge in [0.15, 0.2) is 5.54 Å². The fraction of sp³-hybridized carbons (Fsp3) is 0.559. The molecule has 3 rings (SSSR count). The quantitative estimate of drug-likeness (QED) is 0.211. The average Bonchev–Trinajstić information content (AvgIpc) is 3.00. The Bertz CT molecular complexity index is 1040. The molecule has 2 atom stereocenters. The molecule has 0 radical (unpaired) electrons. The Balaban J connectivity index is 0.00000138. The van der Waals surface area contributed by atoms with E-state index in [-0.39, 0.29) is 11.8 Å². The van der Waals surface area contributed by atoms with E-state index < -0.39 is 11.6 Å². The summed E-state index contributed by atoms with van der Waals surface area (Å²) in [4.78, 5) is 40.7. The number of amides is 3. The summed E-state index contributed by atoms with van der Waals surface area (Å²) in [6.45, 7) is 8.72. The second kappa shape index (κ2) is 18.3. The van der Waals surface area contributed by atoms with Crippen LogP contribution in [0.25, 0.3) is 0 Å². The molecule has 7 nitrogen and oxygen atoms in total. The number of nitrogens with zero attached hydrogens (tertiary/aromatic N) is 2. The van der Waals surface area contributed by atoms with Crippen LogP contribution in [0, 0.1) is 0 Å². The lowest BCUT2D eigenvalue weighted by molar-refractivity contribution is -0.169. The van der Waals surface area contributed by atoms with Gasteiger partial charge in [-0.3, -0.25) is 14.4 Å². The Labute approximate surface area is 248 Å². The third kappa shape index (κ3) is 9.42. The molecule has 1 aliphatic heterocycles. The number of benzene rings is 2. The maximum Gasteiger partial charge on any atom is 0.254 e. The molecule has 41 heavy (non-hydrogen) atoms. The monoisotopic (exact) mass is 564 g/mol. The Morgan fingerprint density at radius 3 is 2.07 bits per heavy atom. The summed E-state index contributed by atoms with van der Waals surface area (Å²) < 4.78 is 0. The first-order valence-electron chi connectivity index (χ1n) is 15.4. The summed E-state index contributed by atoms with van der Waals surface area (Å²) in [5, 5.41) is 5.74. The van der Waals surface area contributed by atoms with Crippen molar-refractivity contribution in [3.05, 3.63) is 71.3 Å². The first kappa shape index (κ1) is 34.0. The molecule has 3 amide bonds. The van der Waals surface area contributed by atoms with Crippen LogP contribution in [0.4, 0.5) is 0 Å². The number of rotatable bonds is 16. The van der Waals surface area contributed by atoms with Gasteiger partial charge in [-0.25, -0.2) is 0 Å². The van der Waals surface area contributed by atoms with Crippen LogP contribution in [-0.4, -0.2) is 61.3 Å². The van der Waals surface area contributed by atoms with Crippen LogP contribution in [0.3, 0.4) is 0 Å². The number of piperazine rings is 1. The molecule has 1 unspecified atom stereocenters. The van der Waals surface area contributed by atoms with Crippen molar-refractivity contribution in [3.63, 3.8) is 0 Å². The van der Waals surface area contributed by atoms with Gasteiger partial charge in [0.05, 0.1) is 0 Å². The van der Waals surface area contributed by atoms with Gasteiger partial charge in [-0.1, -0.05) is 107 Å². The van der Waals surface area contributed by atoms with Gasteiger partial charge in [0.2, 0.25) is 12.3 Å². The average molecular weight is 565 g/mol. The van der Waals surface area contributed by atoms with Crippen molar-refractivity contribution in [2.24, 2.45) is 0 Å². The lowest BCUT2D eigenvalue weighted by atomic mass is 9.78. The minimum Gasteiger partial charge on any atom is -0.362 e. The van der Waals surface area contributed by atoms with E-state index in [0.717, 1.165) is 43.5 Å². The van der Waals surface area contributed by atoms with Crippen LogP contribution < -0.4 is 10.6 Å². The van der Waals surface area contributed by atoms with Gasteiger partial charge < -0.3 is 20.4 Å². The maximum atomic E-state index is 14.4. The zero-order chi connectivity index (χ0) is 30.1. The van der Waals surface area contributed by atoms with E-state index in [1.165, 1.54) is 37.7 Å². The highest BCUT2D eigenvalue weighted by molar-refractivity contribution is 6.00. The number of nitrogens with one attached hydrogen (secondary N) is 2. The SMILES string of the molecule is CCCCCCCCN1C(=O)C(Cc2ccccc2)(c2ccc(CNCCCC)cc2)N(C)C(=O)[C@@H]1C.CNC=O. The summed E-state index contributed by atoms with van der Waals surface area (Å²) in [5.74, 6) is 0.0418. The highest BCUT2D eigenvalue weighted by Crippen LogP contribution is 2.39. The largest absolute Gasteiger partial charge is 0.362 e. The van der Waals surface area contributed by atoms with E-state index in [2.05, 4.69) is 60.9 Å². The first-order valence-corrected chi connectivity index (χ1v) is 15.4. The summed E-state index contributed by atoms with van der Waals surface area (Å²) in [7, 11) is 3.37. The van der Waals surface area contributed by atoms with Crippen LogP contribution in [0.1, 0.15) is 88.8 Å². The number of carbonyl (C=O) groups excluding carboxylic acids is 3. The molecular weight excluding hydrogens is 512 g/mol. The van der Waals surface area contributed by atoms with Crippen LogP contribution in [-0.2, 0) is 32.9 Å². The van der Waals surface area contributed by atoms with Crippen molar-refractivity contribution >= 4 is 18.2 Å². The summed E-state index contributed by atoms with van der Waals surface area (Å²) in [6, 6.07) is 18.0. The van der Waals surface area contributed by atoms with Gasteiger partial charge in [-0.2, -0.15) is 0 Å². The van der Waals surface area contributed by atoms with Gasteiger partial charge in [0.25, 0.3) is 5.91 Å². The molecule has 226 valence electrons. The van der Waals surface area contributed by atoms with Crippen molar-refractivity contribution in [3.8, 4) is 0 Å². The Morgan fingerprint density at radius 2 is 1.46 bits per heavy atom. The molecule has 1 fully saturated rings. The molecule has 2 aromatic carbocycles. The topological polar surface area (TPSA) is 81.8 Å². The van der Waals surface area contributed by atoms with Crippen LogP contribution in [0.5, 0.6) is 0 Å². The standard InChI is InChI=1S/C32H47N3O2.C2H5NO/c1-5-7-9-10-11-15-23-35-26(3)30(36)34(4)32(31(35)37,24-27-16-13-12-14-17-27)29-20-18-28(19-21-29)25-33-22-8-6-2;1-3-2-4/h12-14,16-21,26,33H,5-11,15,22-25H2,1-4H3;2H,1H3,(H,3,4)/t26-,32?;/m0./s1. The second-order valence-electron chi connectivity index (χ2n) is 11.0. The molecule has 0 saturated carbocycles. The minimum absolute atomic E-state index is 0.00632. The molecule has 1 aliphatic rings. The molecule has 0 aromatic heterocycles. The van der Waals surface area contributed by atoms with Crippen LogP contribution >= 0.6 is 0 Å². The van der Waals surface area contributed by atoms with Crippen LogP contribution in [0.15, 0.2) is 54.6 Å². The highest BCUT2D eigenvalue weighted by Gasteiger charge is 2.54. The summed E-state index contributed by atoms with van der Waals surface area (Å²) in [6.07, 6.45) is 10.3. The van der Waals surface area contributed by atoms with E-state index >= 15 is 0 Å². The molecule has 1 saturated heterocycles. The minimum atomic E-state index is -1.05. The third-order valence-electron chi connectivity index (χ3n) is 7.98. The maximum absolute atomic E-state index is 14.4.